The highest BCUT2D eigenvalue weighted by molar-refractivity contribution is 5.69. The lowest BCUT2D eigenvalue weighted by atomic mass is 10.5. The Morgan fingerprint density at radius 2 is 2.24 bits per heavy atom. The van der Waals surface area contributed by atoms with Gasteiger partial charge in [0.1, 0.15) is 19.0 Å². The summed E-state index contributed by atoms with van der Waals surface area (Å²) in [5.41, 5.74) is 5.44. The average Bonchev–Trinajstić information content (AvgIpc) is 2.70. The molecular formula is C11H20N4O2. The van der Waals surface area contributed by atoms with E-state index in [9.17, 15) is 4.79 Å². The van der Waals surface area contributed by atoms with Crippen LogP contribution < -0.4 is 5.73 Å². The monoisotopic (exact) mass is 240 g/mol. The number of nitrogens with zero attached hydrogens (tertiary/aromatic N) is 3. The minimum Gasteiger partial charge on any atom is -0.463 e. The highest BCUT2D eigenvalue weighted by Crippen LogP contribution is 1.96. The second kappa shape index (κ2) is 6.90. The molecule has 0 saturated heterocycles. The highest BCUT2D eigenvalue weighted by Gasteiger charge is 2.06. The molecule has 96 valence electrons. The maximum atomic E-state index is 11.4. The molecule has 17 heavy (non-hydrogen) atoms. The molecule has 6 nitrogen and oxygen atoms in total. The standard InChI is InChI=1S/C11H20N4O2/c1-3-14(4-2)7-8-17-11(16)9-15-6-5-10(12)13-15/h5-6H,3-4,7-9H2,1-2H3,(H2,12,13). The molecule has 0 unspecified atom stereocenters. The van der Waals surface area contributed by atoms with Crippen molar-refractivity contribution in [3.63, 3.8) is 0 Å². The third kappa shape index (κ3) is 4.86. The van der Waals surface area contributed by atoms with Gasteiger partial charge in [-0.25, -0.2) is 0 Å². The fourth-order valence-corrected chi connectivity index (χ4v) is 1.47. The van der Waals surface area contributed by atoms with Gasteiger partial charge < -0.3 is 15.4 Å². The summed E-state index contributed by atoms with van der Waals surface area (Å²) in [5, 5.41) is 3.91. The molecule has 1 aromatic rings. The van der Waals surface area contributed by atoms with E-state index >= 15 is 0 Å². The van der Waals surface area contributed by atoms with Crippen LogP contribution in [0.15, 0.2) is 12.3 Å². The summed E-state index contributed by atoms with van der Waals surface area (Å²) in [4.78, 5) is 13.6. The average molecular weight is 240 g/mol. The normalized spacial score (nSPS) is 10.8. The van der Waals surface area contributed by atoms with Crippen molar-refractivity contribution >= 4 is 11.8 Å². The lowest BCUT2D eigenvalue weighted by Gasteiger charge is -2.17. The number of carbonyl (C=O) groups excluding carboxylic acids is 1. The van der Waals surface area contributed by atoms with Crippen LogP contribution in [0.5, 0.6) is 0 Å². The predicted octanol–water partition coefficient (Wildman–Crippen LogP) is 0.350. The first-order valence-corrected chi connectivity index (χ1v) is 5.82. The zero-order chi connectivity index (χ0) is 12.7. The zero-order valence-electron chi connectivity index (χ0n) is 10.4. The third-order valence-corrected chi connectivity index (χ3v) is 2.52. The van der Waals surface area contributed by atoms with E-state index < -0.39 is 0 Å². The number of nitrogen functional groups attached to an aromatic ring is 1. The van der Waals surface area contributed by atoms with Gasteiger partial charge in [-0.15, -0.1) is 0 Å². The van der Waals surface area contributed by atoms with Gasteiger partial charge in [-0.2, -0.15) is 5.10 Å². The minimum atomic E-state index is -0.291. The number of anilines is 1. The summed E-state index contributed by atoms with van der Waals surface area (Å²) in [6.07, 6.45) is 1.65. The molecule has 6 heteroatoms. The van der Waals surface area contributed by atoms with Crippen molar-refractivity contribution < 1.29 is 9.53 Å². The van der Waals surface area contributed by atoms with E-state index in [1.807, 2.05) is 0 Å². The van der Waals surface area contributed by atoms with Crippen molar-refractivity contribution in [1.82, 2.24) is 14.7 Å². The molecule has 0 saturated carbocycles. The Morgan fingerprint density at radius 1 is 1.53 bits per heavy atom. The molecule has 0 amide bonds. The molecule has 0 spiro atoms. The maximum Gasteiger partial charge on any atom is 0.327 e. The molecule has 0 bridgehead atoms. The van der Waals surface area contributed by atoms with Gasteiger partial charge in [-0.1, -0.05) is 13.8 Å². The van der Waals surface area contributed by atoms with E-state index in [-0.39, 0.29) is 12.5 Å². The van der Waals surface area contributed by atoms with Gasteiger partial charge in [0.25, 0.3) is 0 Å². The van der Waals surface area contributed by atoms with Crippen LogP contribution in [0.1, 0.15) is 13.8 Å². The van der Waals surface area contributed by atoms with E-state index in [2.05, 4.69) is 23.8 Å². The van der Waals surface area contributed by atoms with E-state index in [1.54, 1.807) is 12.3 Å². The number of aromatic nitrogens is 2. The van der Waals surface area contributed by atoms with Crippen LogP contribution in [-0.4, -0.2) is 46.9 Å². The third-order valence-electron chi connectivity index (χ3n) is 2.52. The smallest absolute Gasteiger partial charge is 0.327 e. The number of carbonyl (C=O) groups is 1. The Bertz CT molecular complexity index is 347. The SMILES string of the molecule is CCN(CC)CCOC(=O)Cn1ccc(N)n1. The minimum absolute atomic E-state index is 0.107. The predicted molar refractivity (Wildman–Crippen MR) is 65.4 cm³/mol. The van der Waals surface area contributed by atoms with Crippen molar-refractivity contribution in [2.24, 2.45) is 0 Å². The second-order valence-corrected chi connectivity index (χ2v) is 3.69. The summed E-state index contributed by atoms with van der Waals surface area (Å²) in [5.74, 6) is 0.112. The van der Waals surface area contributed by atoms with Crippen LogP contribution in [0, 0.1) is 0 Å². The molecule has 0 aliphatic heterocycles. The number of hydrogen-bond acceptors (Lipinski definition) is 5. The van der Waals surface area contributed by atoms with E-state index in [4.69, 9.17) is 10.5 Å². The largest absolute Gasteiger partial charge is 0.463 e. The van der Waals surface area contributed by atoms with Crippen LogP contribution in [0.25, 0.3) is 0 Å². The molecule has 0 fully saturated rings. The Hall–Kier alpha value is -1.56. The first-order chi connectivity index (χ1) is 8.15. The second-order valence-electron chi connectivity index (χ2n) is 3.69. The van der Waals surface area contributed by atoms with E-state index in [1.165, 1.54) is 4.68 Å². The number of nitrogens with two attached hydrogens (primary N) is 1. The quantitative estimate of drug-likeness (QED) is 0.696. The Balaban J connectivity index is 2.21. The molecule has 0 aromatic carbocycles. The first kappa shape index (κ1) is 13.5. The number of ether oxygens (including phenoxy) is 1. The summed E-state index contributed by atoms with van der Waals surface area (Å²) >= 11 is 0. The van der Waals surface area contributed by atoms with Crippen molar-refractivity contribution in [3.8, 4) is 0 Å². The van der Waals surface area contributed by atoms with Gasteiger partial charge in [0.15, 0.2) is 0 Å². The fraction of sp³-hybridized carbons (Fsp3) is 0.636. The van der Waals surface area contributed by atoms with E-state index in [0.29, 0.717) is 12.4 Å². The number of esters is 1. The zero-order valence-corrected chi connectivity index (χ0v) is 10.4. The molecule has 0 aliphatic rings. The number of hydrogen-bond donors (Lipinski definition) is 1. The molecule has 2 N–H and O–H groups in total. The highest BCUT2D eigenvalue weighted by atomic mass is 16.5. The lowest BCUT2D eigenvalue weighted by molar-refractivity contribution is -0.145. The topological polar surface area (TPSA) is 73.4 Å². The molecule has 0 aliphatic carbocycles. The van der Waals surface area contributed by atoms with Gasteiger partial charge in [-0.3, -0.25) is 9.48 Å². The number of likely N-dealkylation sites (N-methyl/N-ethyl adjacent to an activating group) is 1. The van der Waals surface area contributed by atoms with Crippen molar-refractivity contribution in [2.45, 2.75) is 20.4 Å². The van der Waals surface area contributed by atoms with Crippen molar-refractivity contribution in [2.75, 3.05) is 32.0 Å². The van der Waals surface area contributed by atoms with Gasteiger partial charge in [-0.05, 0) is 19.2 Å². The molecule has 1 heterocycles. The first-order valence-electron chi connectivity index (χ1n) is 5.82. The molecule has 0 atom stereocenters. The van der Waals surface area contributed by atoms with Crippen LogP contribution >= 0.6 is 0 Å². The van der Waals surface area contributed by atoms with Gasteiger partial charge in [0.2, 0.25) is 0 Å². The van der Waals surface area contributed by atoms with Crippen LogP contribution in [-0.2, 0) is 16.1 Å². The Kier molecular flexibility index (Phi) is 5.48. The van der Waals surface area contributed by atoms with Gasteiger partial charge >= 0.3 is 5.97 Å². The van der Waals surface area contributed by atoms with Crippen LogP contribution in [0.4, 0.5) is 5.82 Å². The summed E-state index contributed by atoms with van der Waals surface area (Å²) in [7, 11) is 0. The fourth-order valence-electron chi connectivity index (χ4n) is 1.47. The van der Waals surface area contributed by atoms with Crippen LogP contribution in [0.3, 0.4) is 0 Å². The summed E-state index contributed by atoms with van der Waals surface area (Å²) in [6.45, 7) is 7.37. The van der Waals surface area contributed by atoms with Crippen molar-refractivity contribution in [3.05, 3.63) is 12.3 Å². The van der Waals surface area contributed by atoms with Gasteiger partial charge in [0.05, 0.1) is 0 Å². The van der Waals surface area contributed by atoms with E-state index in [0.717, 1.165) is 19.6 Å². The van der Waals surface area contributed by atoms with Gasteiger partial charge in [0, 0.05) is 12.7 Å². The summed E-state index contributed by atoms with van der Waals surface area (Å²) < 4.78 is 6.57. The number of rotatable bonds is 7. The summed E-state index contributed by atoms with van der Waals surface area (Å²) in [6, 6.07) is 1.64. The molecule has 1 rings (SSSR count). The molecule has 0 radical (unpaired) electrons. The van der Waals surface area contributed by atoms with Crippen molar-refractivity contribution in [1.29, 1.82) is 0 Å². The Morgan fingerprint density at radius 3 is 2.76 bits per heavy atom. The Labute approximate surface area is 101 Å². The van der Waals surface area contributed by atoms with Crippen LogP contribution in [0.2, 0.25) is 0 Å². The molecular weight excluding hydrogens is 220 g/mol. The lowest BCUT2D eigenvalue weighted by Crippen LogP contribution is -2.28. The molecule has 1 aromatic heterocycles. The maximum absolute atomic E-state index is 11.4.